The normalized spacial score (nSPS) is 11.5. The van der Waals surface area contributed by atoms with Crippen LogP contribution in [0.4, 0.5) is 5.82 Å². The summed E-state index contributed by atoms with van der Waals surface area (Å²) >= 11 is 6.41. The lowest BCUT2D eigenvalue weighted by Gasteiger charge is -2.26. The van der Waals surface area contributed by atoms with E-state index in [1.54, 1.807) is 27.8 Å². The summed E-state index contributed by atoms with van der Waals surface area (Å²) < 4.78 is 1.64. The molecule has 0 bridgehead atoms. The predicted molar refractivity (Wildman–Crippen MR) is 133 cm³/mol. The van der Waals surface area contributed by atoms with Crippen molar-refractivity contribution in [2.75, 3.05) is 11.9 Å². The standard InChI is InChI=1S/C26H31ClN4O2/c1-17(2)30(25(33)19-13-11-18(3)12-14-19)16-24(32)28-23-15-22(26(4,5)6)29-31(23)21-10-8-7-9-20(21)27/h7-15,17H,16H2,1-6H3,(H,28,32). The number of hydrogen-bond acceptors (Lipinski definition) is 3. The van der Waals surface area contributed by atoms with Crippen molar-refractivity contribution in [2.45, 2.75) is 53.0 Å². The van der Waals surface area contributed by atoms with Crippen LogP contribution in [0.3, 0.4) is 0 Å². The molecule has 2 amide bonds. The summed E-state index contributed by atoms with van der Waals surface area (Å²) in [5.74, 6) is 0.0116. The van der Waals surface area contributed by atoms with E-state index in [1.807, 2.05) is 57.2 Å². The molecule has 174 valence electrons. The number of benzene rings is 2. The Morgan fingerprint density at radius 2 is 1.73 bits per heavy atom. The van der Waals surface area contributed by atoms with Gasteiger partial charge in [-0.25, -0.2) is 4.68 Å². The van der Waals surface area contributed by atoms with Crippen LogP contribution in [0.2, 0.25) is 5.02 Å². The Balaban J connectivity index is 1.88. The summed E-state index contributed by atoms with van der Waals surface area (Å²) in [5.41, 5.74) is 2.88. The number of anilines is 1. The molecular weight excluding hydrogens is 436 g/mol. The molecule has 6 nitrogen and oxygen atoms in total. The number of amides is 2. The lowest BCUT2D eigenvalue weighted by Crippen LogP contribution is -2.42. The summed E-state index contributed by atoms with van der Waals surface area (Å²) in [4.78, 5) is 27.7. The van der Waals surface area contributed by atoms with Gasteiger partial charge >= 0.3 is 0 Å². The van der Waals surface area contributed by atoms with E-state index in [-0.39, 0.29) is 29.8 Å². The van der Waals surface area contributed by atoms with Crippen LogP contribution >= 0.6 is 11.6 Å². The van der Waals surface area contributed by atoms with Crippen molar-refractivity contribution in [3.8, 4) is 5.69 Å². The van der Waals surface area contributed by atoms with Gasteiger partial charge in [-0.2, -0.15) is 5.10 Å². The van der Waals surface area contributed by atoms with Gasteiger partial charge in [-0.3, -0.25) is 9.59 Å². The van der Waals surface area contributed by atoms with E-state index < -0.39 is 0 Å². The number of carbonyl (C=O) groups is 2. The number of hydrogen-bond donors (Lipinski definition) is 1. The number of aromatic nitrogens is 2. The maximum absolute atomic E-state index is 13.1. The first-order valence-corrected chi connectivity index (χ1v) is 11.4. The van der Waals surface area contributed by atoms with Crippen LogP contribution in [0.1, 0.15) is 56.2 Å². The van der Waals surface area contributed by atoms with Crippen molar-refractivity contribution in [1.29, 1.82) is 0 Å². The van der Waals surface area contributed by atoms with Crippen LogP contribution in [0.5, 0.6) is 0 Å². The van der Waals surface area contributed by atoms with Crippen LogP contribution in [0.15, 0.2) is 54.6 Å². The number of nitrogens with zero attached hydrogens (tertiary/aromatic N) is 3. The van der Waals surface area contributed by atoms with Gasteiger partial charge in [0.25, 0.3) is 5.91 Å². The zero-order chi connectivity index (χ0) is 24.3. The van der Waals surface area contributed by atoms with E-state index >= 15 is 0 Å². The Morgan fingerprint density at radius 3 is 2.30 bits per heavy atom. The van der Waals surface area contributed by atoms with Crippen LogP contribution in [0, 0.1) is 6.92 Å². The van der Waals surface area contributed by atoms with Gasteiger partial charge in [0.15, 0.2) is 0 Å². The van der Waals surface area contributed by atoms with Crippen LogP contribution < -0.4 is 5.32 Å². The molecule has 7 heteroatoms. The van der Waals surface area contributed by atoms with Gasteiger partial charge in [-0.1, -0.05) is 62.2 Å². The SMILES string of the molecule is Cc1ccc(C(=O)N(CC(=O)Nc2cc(C(C)(C)C)nn2-c2ccccc2Cl)C(C)C)cc1. The monoisotopic (exact) mass is 466 g/mol. The molecule has 0 spiro atoms. The lowest BCUT2D eigenvalue weighted by atomic mass is 9.92. The highest BCUT2D eigenvalue weighted by Crippen LogP contribution is 2.29. The average Bonchev–Trinajstić information content (AvgIpc) is 3.16. The van der Waals surface area contributed by atoms with E-state index in [0.29, 0.717) is 22.1 Å². The third kappa shape index (κ3) is 5.82. The van der Waals surface area contributed by atoms with Crippen molar-refractivity contribution in [3.63, 3.8) is 0 Å². The van der Waals surface area contributed by atoms with E-state index in [2.05, 4.69) is 26.1 Å². The largest absolute Gasteiger partial charge is 0.327 e. The maximum Gasteiger partial charge on any atom is 0.254 e. The molecule has 0 radical (unpaired) electrons. The first kappa shape index (κ1) is 24.5. The molecule has 0 saturated heterocycles. The smallest absolute Gasteiger partial charge is 0.254 e. The molecule has 1 aromatic heterocycles. The van der Waals surface area contributed by atoms with Crippen LogP contribution in [0.25, 0.3) is 5.69 Å². The Labute approximate surface area is 200 Å². The number of halogens is 1. The van der Waals surface area contributed by atoms with Gasteiger partial charge in [0.05, 0.1) is 16.4 Å². The minimum Gasteiger partial charge on any atom is -0.327 e. The molecule has 1 heterocycles. The minimum atomic E-state index is -0.308. The highest BCUT2D eigenvalue weighted by Gasteiger charge is 2.25. The van der Waals surface area contributed by atoms with Crippen molar-refractivity contribution in [1.82, 2.24) is 14.7 Å². The zero-order valence-corrected chi connectivity index (χ0v) is 20.8. The lowest BCUT2D eigenvalue weighted by molar-refractivity contribution is -0.117. The Bertz CT molecular complexity index is 1140. The first-order valence-electron chi connectivity index (χ1n) is 11.0. The average molecular weight is 467 g/mol. The van der Waals surface area contributed by atoms with Gasteiger partial charge in [0.2, 0.25) is 5.91 Å². The van der Waals surface area contributed by atoms with Crippen LogP contribution in [-0.2, 0) is 10.2 Å². The second-order valence-electron chi connectivity index (χ2n) is 9.47. The fourth-order valence-electron chi connectivity index (χ4n) is 3.33. The Morgan fingerprint density at radius 1 is 1.09 bits per heavy atom. The third-order valence-electron chi connectivity index (χ3n) is 5.32. The molecule has 2 aromatic carbocycles. The van der Waals surface area contributed by atoms with E-state index in [4.69, 9.17) is 16.7 Å². The summed E-state index contributed by atoms with van der Waals surface area (Å²) in [6.07, 6.45) is 0. The molecule has 0 aliphatic rings. The first-order chi connectivity index (χ1) is 15.5. The topological polar surface area (TPSA) is 67.2 Å². The second-order valence-corrected chi connectivity index (χ2v) is 9.88. The Hall–Kier alpha value is -3.12. The number of rotatable bonds is 6. The molecule has 3 rings (SSSR count). The molecular formula is C26H31ClN4O2. The van der Waals surface area contributed by atoms with Gasteiger partial charge < -0.3 is 10.2 Å². The van der Waals surface area contributed by atoms with Crippen molar-refractivity contribution >= 4 is 29.2 Å². The molecule has 3 aromatic rings. The van der Waals surface area contributed by atoms with Gasteiger partial charge in [-0.05, 0) is 45.0 Å². The second kappa shape index (κ2) is 9.79. The van der Waals surface area contributed by atoms with Gasteiger partial charge in [0, 0.05) is 23.1 Å². The molecule has 0 aliphatic heterocycles. The molecule has 0 aliphatic carbocycles. The summed E-state index contributed by atoms with van der Waals surface area (Å²) in [6, 6.07) is 16.4. The van der Waals surface area contributed by atoms with E-state index in [0.717, 1.165) is 11.3 Å². The summed E-state index contributed by atoms with van der Waals surface area (Å²) in [7, 11) is 0. The van der Waals surface area contributed by atoms with E-state index in [1.165, 1.54) is 0 Å². The fraction of sp³-hybridized carbons (Fsp3) is 0.346. The highest BCUT2D eigenvalue weighted by molar-refractivity contribution is 6.32. The molecule has 33 heavy (non-hydrogen) atoms. The molecule has 0 unspecified atom stereocenters. The maximum atomic E-state index is 13.1. The van der Waals surface area contributed by atoms with Crippen LogP contribution in [-0.4, -0.2) is 39.1 Å². The van der Waals surface area contributed by atoms with Crippen molar-refractivity contribution < 1.29 is 9.59 Å². The molecule has 1 N–H and O–H groups in total. The van der Waals surface area contributed by atoms with Crippen molar-refractivity contribution in [2.24, 2.45) is 0 Å². The van der Waals surface area contributed by atoms with Crippen molar-refractivity contribution in [3.05, 3.63) is 76.4 Å². The zero-order valence-electron chi connectivity index (χ0n) is 20.0. The molecule has 0 saturated carbocycles. The number of aryl methyl sites for hydroxylation is 1. The Kier molecular flexibility index (Phi) is 7.28. The number of nitrogens with one attached hydrogen (secondary N) is 1. The number of para-hydroxylation sites is 1. The summed E-state index contributed by atoms with van der Waals surface area (Å²) in [6.45, 7) is 11.8. The van der Waals surface area contributed by atoms with E-state index in [9.17, 15) is 9.59 Å². The van der Waals surface area contributed by atoms with Gasteiger partial charge in [0.1, 0.15) is 12.4 Å². The summed E-state index contributed by atoms with van der Waals surface area (Å²) in [5, 5.41) is 8.17. The predicted octanol–water partition coefficient (Wildman–Crippen LogP) is 5.62. The molecule has 0 fully saturated rings. The third-order valence-corrected chi connectivity index (χ3v) is 5.64. The fourth-order valence-corrected chi connectivity index (χ4v) is 3.55. The number of carbonyl (C=O) groups excluding carboxylic acids is 2. The quantitative estimate of drug-likeness (QED) is 0.512. The highest BCUT2D eigenvalue weighted by atomic mass is 35.5. The molecule has 0 atom stereocenters. The van der Waals surface area contributed by atoms with Gasteiger partial charge in [-0.15, -0.1) is 0 Å². The minimum absolute atomic E-state index is 0.0804.